The van der Waals surface area contributed by atoms with E-state index >= 15 is 0 Å². The Kier molecular flexibility index (Phi) is 5.70. The van der Waals surface area contributed by atoms with E-state index in [1.54, 1.807) is 0 Å². The van der Waals surface area contributed by atoms with E-state index in [4.69, 9.17) is 25.3 Å². The van der Waals surface area contributed by atoms with Crippen LogP contribution in [-0.2, 0) is 18.2 Å². The average molecular weight is 281 g/mol. The lowest BCUT2D eigenvalue weighted by Crippen LogP contribution is -2.34. The van der Waals surface area contributed by atoms with Crippen LogP contribution in [0.25, 0.3) is 0 Å². The van der Waals surface area contributed by atoms with Crippen molar-refractivity contribution >= 4 is 15.6 Å². The second kappa shape index (κ2) is 5.65. The molecule has 0 amide bonds. The summed E-state index contributed by atoms with van der Waals surface area (Å²) in [5.41, 5.74) is 5.05. The molecule has 0 radical (unpaired) electrons. The van der Waals surface area contributed by atoms with Gasteiger partial charge in [0, 0.05) is 6.42 Å². The predicted octanol–water partition coefficient (Wildman–Crippen LogP) is -1.41. The molecule has 0 bridgehead atoms. The van der Waals surface area contributed by atoms with Crippen molar-refractivity contribution in [3.8, 4) is 0 Å². The van der Waals surface area contributed by atoms with Gasteiger partial charge in [0.2, 0.25) is 0 Å². The number of nitrogens with two attached hydrogens (primary N) is 1. The van der Waals surface area contributed by atoms with Crippen LogP contribution < -0.4 is 5.73 Å². The Labute approximate surface area is 90.5 Å². The second-order valence-electron chi connectivity index (χ2n) is 2.77. The third-order valence-electron chi connectivity index (χ3n) is 1.22. The van der Waals surface area contributed by atoms with Crippen molar-refractivity contribution in [2.24, 2.45) is 5.73 Å². The Bertz CT molecular complexity index is 283. The summed E-state index contributed by atoms with van der Waals surface area (Å²) in [6.45, 7) is -0.00263. The maximum Gasteiger partial charge on any atom is 0.473 e. The molecule has 0 aliphatic heterocycles. The van der Waals surface area contributed by atoms with Gasteiger partial charge in [0.15, 0.2) is 0 Å². The smallest absolute Gasteiger partial charge is 0.343 e. The molecule has 0 aliphatic carbocycles. The number of hydrogen-bond donors (Lipinski definition) is 6. The molecular weight excluding hydrogens is 268 g/mol. The molecule has 0 saturated carbocycles. The minimum absolute atomic E-state index is 0.00263. The number of hydrogen-bond acceptors (Lipinski definition) is 6. The first-order valence-electron chi connectivity index (χ1n) is 3.92. The highest BCUT2D eigenvalue weighted by Gasteiger charge is 2.42. The SMILES string of the molecule is NCCCC(O)(OP(=O)(O)O)OP(=O)(O)O. The molecule has 0 heterocycles. The third kappa shape index (κ3) is 8.31. The largest absolute Gasteiger partial charge is 0.473 e. The number of aliphatic hydroxyl groups is 1. The van der Waals surface area contributed by atoms with Gasteiger partial charge in [0.1, 0.15) is 0 Å². The van der Waals surface area contributed by atoms with E-state index in [1.807, 2.05) is 0 Å². The monoisotopic (exact) mass is 281 g/mol. The van der Waals surface area contributed by atoms with Crippen molar-refractivity contribution in [3.05, 3.63) is 0 Å². The molecule has 0 spiro atoms. The molecule has 7 N–H and O–H groups in total. The lowest BCUT2D eigenvalue weighted by molar-refractivity contribution is -0.289. The van der Waals surface area contributed by atoms with Crippen molar-refractivity contribution in [1.29, 1.82) is 0 Å². The number of rotatable bonds is 7. The van der Waals surface area contributed by atoms with Crippen molar-refractivity contribution in [2.45, 2.75) is 18.8 Å². The first-order chi connectivity index (χ1) is 6.97. The van der Waals surface area contributed by atoms with Crippen molar-refractivity contribution in [1.82, 2.24) is 0 Å². The van der Waals surface area contributed by atoms with E-state index in [0.29, 0.717) is 0 Å². The van der Waals surface area contributed by atoms with Gasteiger partial charge in [0.05, 0.1) is 0 Å². The Balaban J connectivity index is 4.74. The van der Waals surface area contributed by atoms with Crippen LogP contribution in [-0.4, -0.2) is 37.2 Å². The minimum Gasteiger partial charge on any atom is -0.343 e. The van der Waals surface area contributed by atoms with E-state index in [0.717, 1.165) is 0 Å². The van der Waals surface area contributed by atoms with E-state index < -0.39 is 28.0 Å². The van der Waals surface area contributed by atoms with E-state index in [9.17, 15) is 14.2 Å². The molecule has 0 unspecified atom stereocenters. The summed E-state index contributed by atoms with van der Waals surface area (Å²) in [5, 5.41) is 9.33. The number of phosphoric ester groups is 2. The van der Waals surface area contributed by atoms with Crippen LogP contribution in [0.15, 0.2) is 0 Å². The van der Waals surface area contributed by atoms with E-state index in [1.165, 1.54) is 0 Å². The minimum atomic E-state index is -5.17. The molecule has 12 heteroatoms. The maximum absolute atomic E-state index is 10.4. The van der Waals surface area contributed by atoms with Gasteiger partial charge < -0.3 is 30.4 Å². The molecule has 0 aromatic heterocycles. The molecule has 0 aromatic rings. The first kappa shape index (κ1) is 16.1. The standard InChI is InChI=1S/C4H13NO9P2/c5-3-1-2-4(6,13-15(7,8)9)14-16(10,11)12/h6H,1-3,5H2,(H2,7,8,9)(H2,10,11,12). The Hall–Kier alpha value is 0.140. The van der Waals surface area contributed by atoms with Crippen molar-refractivity contribution < 1.29 is 42.9 Å². The Morgan fingerprint density at radius 1 is 1.06 bits per heavy atom. The van der Waals surface area contributed by atoms with Crippen LogP contribution in [0.2, 0.25) is 0 Å². The molecule has 0 fully saturated rings. The number of phosphoric acid groups is 2. The van der Waals surface area contributed by atoms with Gasteiger partial charge in [-0.25, -0.2) is 18.2 Å². The van der Waals surface area contributed by atoms with Crippen LogP contribution in [0, 0.1) is 0 Å². The zero-order valence-corrected chi connectivity index (χ0v) is 9.75. The first-order valence-corrected chi connectivity index (χ1v) is 6.98. The summed E-state index contributed by atoms with van der Waals surface area (Å²) in [6.07, 6.45) is -0.643. The lowest BCUT2D eigenvalue weighted by atomic mass is 10.3. The van der Waals surface area contributed by atoms with Gasteiger partial charge in [-0.1, -0.05) is 0 Å². The fourth-order valence-corrected chi connectivity index (χ4v) is 1.86. The van der Waals surface area contributed by atoms with Gasteiger partial charge in [-0.3, -0.25) is 0 Å². The topological polar surface area (TPSA) is 180 Å². The van der Waals surface area contributed by atoms with Gasteiger partial charge in [0.25, 0.3) is 5.97 Å². The molecular formula is C4H13NO9P2. The van der Waals surface area contributed by atoms with Gasteiger partial charge in [-0.15, -0.1) is 0 Å². The molecule has 0 rings (SSSR count). The molecule has 0 aromatic carbocycles. The van der Waals surface area contributed by atoms with Crippen LogP contribution >= 0.6 is 15.6 Å². The molecule has 98 valence electrons. The third-order valence-corrected chi connectivity index (χ3v) is 2.27. The molecule has 0 atom stereocenters. The van der Waals surface area contributed by atoms with Crippen LogP contribution in [0.4, 0.5) is 0 Å². The summed E-state index contributed by atoms with van der Waals surface area (Å²) >= 11 is 0. The van der Waals surface area contributed by atoms with Gasteiger partial charge in [-0.05, 0) is 13.0 Å². The summed E-state index contributed by atoms with van der Waals surface area (Å²) in [6, 6.07) is 0. The molecule has 16 heavy (non-hydrogen) atoms. The fraction of sp³-hybridized carbons (Fsp3) is 1.00. The van der Waals surface area contributed by atoms with E-state index in [2.05, 4.69) is 9.05 Å². The Morgan fingerprint density at radius 3 is 1.69 bits per heavy atom. The zero-order valence-electron chi connectivity index (χ0n) is 7.96. The predicted molar refractivity (Wildman–Crippen MR) is 49.5 cm³/mol. The highest BCUT2D eigenvalue weighted by Crippen LogP contribution is 2.49. The van der Waals surface area contributed by atoms with Crippen LogP contribution in [0.3, 0.4) is 0 Å². The molecule has 0 aliphatic rings. The fourth-order valence-electron chi connectivity index (χ4n) is 0.805. The summed E-state index contributed by atoms with van der Waals surface area (Å²) < 4.78 is 28.4. The summed E-state index contributed by atoms with van der Waals surface area (Å²) in [5.74, 6) is -3.09. The van der Waals surface area contributed by atoms with Crippen molar-refractivity contribution in [3.63, 3.8) is 0 Å². The second-order valence-corrected chi connectivity index (χ2v) is 5.10. The maximum atomic E-state index is 10.4. The zero-order chi connectivity index (χ0) is 13.0. The summed E-state index contributed by atoms with van der Waals surface area (Å²) in [7, 11) is -10.3. The molecule has 0 saturated heterocycles. The van der Waals surface area contributed by atoms with E-state index in [-0.39, 0.29) is 13.0 Å². The Morgan fingerprint density at radius 2 is 1.44 bits per heavy atom. The highest BCUT2D eigenvalue weighted by molar-refractivity contribution is 7.47. The van der Waals surface area contributed by atoms with Crippen molar-refractivity contribution in [2.75, 3.05) is 6.54 Å². The quantitative estimate of drug-likeness (QED) is 0.239. The van der Waals surface area contributed by atoms with Gasteiger partial charge in [-0.2, -0.15) is 0 Å². The summed E-state index contributed by atoms with van der Waals surface area (Å²) in [4.78, 5) is 33.7. The highest BCUT2D eigenvalue weighted by atomic mass is 31.2. The van der Waals surface area contributed by atoms with Crippen LogP contribution in [0.5, 0.6) is 0 Å². The molecule has 10 nitrogen and oxygen atoms in total. The van der Waals surface area contributed by atoms with Gasteiger partial charge >= 0.3 is 15.6 Å². The average Bonchev–Trinajstić information content (AvgIpc) is 1.93. The lowest BCUT2D eigenvalue weighted by Gasteiger charge is -2.27. The normalized spacial score (nSPS) is 14.1. The van der Waals surface area contributed by atoms with Crippen LogP contribution in [0.1, 0.15) is 12.8 Å².